The van der Waals surface area contributed by atoms with Gasteiger partial charge in [0, 0.05) is 18.7 Å². The molecule has 3 fully saturated rings. The number of fused-ring (bicyclic) bond motifs is 3. The summed E-state index contributed by atoms with van der Waals surface area (Å²) in [6.45, 7) is 4.36. The van der Waals surface area contributed by atoms with Crippen LogP contribution >= 0.6 is 11.8 Å². The van der Waals surface area contributed by atoms with Gasteiger partial charge >= 0.3 is 18.1 Å². The molecule has 4 N–H and O–H groups in total. The molecule has 2 saturated heterocycles. The molecule has 2 aliphatic heterocycles. The highest BCUT2D eigenvalue weighted by atomic mass is 32.2. The third-order valence-corrected chi connectivity index (χ3v) is 10.9. The Morgan fingerprint density at radius 2 is 1.67 bits per heavy atom. The van der Waals surface area contributed by atoms with Crippen molar-refractivity contribution in [1.82, 2.24) is 30.9 Å². The lowest BCUT2D eigenvalue weighted by Gasteiger charge is -2.17. The number of hydrogen-bond donors (Lipinski definition) is 4. The monoisotopic (exact) mass is 668 g/mol. The van der Waals surface area contributed by atoms with Crippen molar-refractivity contribution in [2.45, 2.75) is 80.7 Å². The minimum atomic E-state index is -0.781. The highest BCUT2D eigenvalue weighted by molar-refractivity contribution is 8.00. The predicted octanol–water partition coefficient (Wildman–Crippen LogP) is 1.58. The largest absolute Gasteiger partial charge is 0.481 e. The van der Waals surface area contributed by atoms with E-state index in [9.17, 15) is 14.4 Å². The van der Waals surface area contributed by atoms with Gasteiger partial charge in [0.1, 0.15) is 5.44 Å². The SMILES string of the molecule is CNC(=O)OCC1C2CCc3nnn(CCOCCOCCOCCO[C@H]4S[C@@H](CCCCC(=O)O)[C@H]5NC(=O)N[C@H]54)c3CCC21. The molecule has 46 heavy (non-hydrogen) atoms. The number of carboxylic acids is 1. The van der Waals surface area contributed by atoms with Gasteiger partial charge in [0.25, 0.3) is 0 Å². The molecule has 15 nitrogen and oxygen atoms in total. The molecule has 1 aromatic heterocycles. The predicted molar refractivity (Wildman–Crippen MR) is 166 cm³/mol. The van der Waals surface area contributed by atoms with E-state index < -0.39 is 5.97 Å². The molecule has 1 aromatic rings. The van der Waals surface area contributed by atoms with Gasteiger partial charge in [0.05, 0.1) is 82.9 Å². The summed E-state index contributed by atoms with van der Waals surface area (Å²) in [4.78, 5) is 34.1. The molecule has 0 radical (unpaired) electrons. The zero-order valence-electron chi connectivity index (χ0n) is 26.5. The third-order valence-electron chi connectivity index (χ3n) is 9.28. The molecule has 0 bridgehead atoms. The minimum absolute atomic E-state index is 0.0119. The number of carbonyl (C=O) groups is 3. The lowest BCUT2D eigenvalue weighted by molar-refractivity contribution is -0.137. The van der Waals surface area contributed by atoms with E-state index in [4.69, 9.17) is 28.8 Å². The number of aliphatic carboxylic acids is 1. The standard InChI is InChI=1S/C30H48N6O9S/c1-31-30(40)45-18-21-19-6-8-22-23(9-7-20(19)21)36(35-34-22)10-11-41-12-13-42-14-15-43-16-17-44-28-27-26(32-29(39)33-27)24(46-28)4-2-3-5-25(37)38/h19-21,24,26-28H,2-18H2,1H3,(H,31,40)(H,37,38)(H2,32,33,39)/t19?,20?,21?,24-,26+,27+,28-/m0/s1. The number of amides is 3. The van der Waals surface area contributed by atoms with Gasteiger partial charge in [-0.1, -0.05) is 11.6 Å². The van der Waals surface area contributed by atoms with Crippen molar-refractivity contribution in [2.24, 2.45) is 17.8 Å². The van der Waals surface area contributed by atoms with E-state index in [2.05, 4.69) is 26.3 Å². The summed E-state index contributed by atoms with van der Waals surface area (Å²) in [6, 6.07) is -0.296. The molecule has 0 aromatic carbocycles. The smallest absolute Gasteiger partial charge is 0.406 e. The molecule has 16 heteroatoms. The van der Waals surface area contributed by atoms with Crippen LogP contribution in [0, 0.1) is 17.8 Å². The second-order valence-corrected chi connectivity index (χ2v) is 13.5. The van der Waals surface area contributed by atoms with E-state index >= 15 is 0 Å². The first-order chi connectivity index (χ1) is 22.4. The zero-order chi connectivity index (χ0) is 32.3. The first-order valence-electron chi connectivity index (χ1n) is 16.5. The number of aromatic nitrogens is 3. The fourth-order valence-electron chi connectivity index (χ4n) is 6.85. The maximum atomic E-state index is 11.9. The third kappa shape index (κ3) is 9.69. The molecule has 258 valence electrons. The van der Waals surface area contributed by atoms with Crippen molar-refractivity contribution < 1.29 is 43.2 Å². The van der Waals surface area contributed by atoms with E-state index in [1.165, 1.54) is 5.69 Å². The zero-order valence-corrected chi connectivity index (χ0v) is 27.3. The van der Waals surface area contributed by atoms with Crippen LogP contribution in [0.25, 0.3) is 0 Å². The number of hydrogen-bond acceptors (Lipinski definition) is 11. The fourth-order valence-corrected chi connectivity index (χ4v) is 8.49. The summed E-state index contributed by atoms with van der Waals surface area (Å²) >= 11 is 1.69. The number of thioether (sulfide) groups is 1. The van der Waals surface area contributed by atoms with Gasteiger partial charge in [0.15, 0.2) is 0 Å². The van der Waals surface area contributed by atoms with Crippen LogP contribution in [0.5, 0.6) is 0 Å². The summed E-state index contributed by atoms with van der Waals surface area (Å²) in [7, 11) is 1.58. The molecule has 5 rings (SSSR count). The van der Waals surface area contributed by atoms with Crippen molar-refractivity contribution in [2.75, 3.05) is 59.9 Å². The van der Waals surface area contributed by atoms with Crippen LogP contribution in [0.1, 0.15) is 49.9 Å². The topological polar surface area (TPSA) is 184 Å². The number of ether oxygens (including phenoxy) is 5. The molecule has 1 saturated carbocycles. The summed E-state index contributed by atoms with van der Waals surface area (Å²) in [5, 5.41) is 26.3. The Hall–Kier alpha value is -2.66. The number of aryl methyl sites for hydroxylation is 1. The average molecular weight is 669 g/mol. The minimum Gasteiger partial charge on any atom is -0.481 e. The Bertz CT molecular complexity index is 1160. The number of nitrogens with one attached hydrogen (secondary N) is 3. The number of carbonyl (C=O) groups excluding carboxylic acids is 2. The molecule has 3 amide bonds. The molecule has 3 unspecified atom stereocenters. The maximum absolute atomic E-state index is 11.9. The van der Waals surface area contributed by atoms with Crippen molar-refractivity contribution in [1.29, 1.82) is 0 Å². The van der Waals surface area contributed by atoms with E-state index in [1.807, 2.05) is 4.68 Å². The quantitative estimate of drug-likeness (QED) is 0.116. The van der Waals surface area contributed by atoms with Crippen LogP contribution < -0.4 is 16.0 Å². The summed E-state index contributed by atoms with van der Waals surface area (Å²) in [6.07, 6.45) is 6.02. The molecule has 0 spiro atoms. The highest BCUT2D eigenvalue weighted by Crippen LogP contribution is 2.53. The van der Waals surface area contributed by atoms with Crippen molar-refractivity contribution >= 4 is 29.9 Å². The van der Waals surface area contributed by atoms with Gasteiger partial charge in [-0.05, 0) is 56.3 Å². The van der Waals surface area contributed by atoms with Crippen LogP contribution in [0.15, 0.2) is 0 Å². The van der Waals surface area contributed by atoms with E-state index in [1.54, 1.807) is 18.8 Å². The molecular formula is C30H48N6O9S. The lowest BCUT2D eigenvalue weighted by Crippen LogP contribution is -2.40. The Balaban J connectivity index is 0.866. The number of unbranched alkanes of at least 4 members (excludes halogenated alkanes) is 1. The van der Waals surface area contributed by atoms with Crippen molar-refractivity contribution in [3.63, 3.8) is 0 Å². The Labute approximate surface area is 273 Å². The second kappa shape index (κ2) is 17.5. The van der Waals surface area contributed by atoms with E-state index in [0.29, 0.717) is 83.6 Å². The number of rotatable bonds is 20. The van der Waals surface area contributed by atoms with E-state index in [0.717, 1.165) is 44.2 Å². The molecule has 3 heterocycles. The first-order valence-corrected chi connectivity index (χ1v) is 17.4. The van der Waals surface area contributed by atoms with Gasteiger partial charge in [-0.2, -0.15) is 0 Å². The van der Waals surface area contributed by atoms with Crippen LogP contribution in [0.4, 0.5) is 9.59 Å². The summed E-state index contributed by atoms with van der Waals surface area (Å²) in [5.41, 5.74) is 2.11. The number of nitrogens with zero attached hydrogens (tertiary/aromatic N) is 3. The van der Waals surface area contributed by atoms with Gasteiger partial charge in [0.2, 0.25) is 0 Å². The summed E-state index contributed by atoms with van der Waals surface area (Å²) < 4.78 is 30.3. The molecule has 2 aliphatic carbocycles. The lowest BCUT2D eigenvalue weighted by atomic mass is 10.0. The maximum Gasteiger partial charge on any atom is 0.406 e. The summed E-state index contributed by atoms with van der Waals surface area (Å²) in [5.74, 6) is 0.872. The number of alkyl carbamates (subject to hydrolysis) is 1. The second-order valence-electron chi connectivity index (χ2n) is 12.2. The fraction of sp³-hybridized carbons (Fsp3) is 0.833. The Morgan fingerprint density at radius 1 is 0.978 bits per heavy atom. The number of urea groups is 1. The molecular weight excluding hydrogens is 620 g/mol. The van der Waals surface area contributed by atoms with Crippen LogP contribution in [-0.2, 0) is 47.9 Å². The van der Waals surface area contributed by atoms with Gasteiger partial charge in [-0.25, -0.2) is 14.3 Å². The molecule has 4 aliphatic rings. The highest BCUT2D eigenvalue weighted by Gasteiger charge is 2.51. The normalized spacial score (nSPS) is 27.8. The molecule has 7 atom stereocenters. The van der Waals surface area contributed by atoms with Crippen LogP contribution in [0.2, 0.25) is 0 Å². The van der Waals surface area contributed by atoms with Gasteiger partial charge in [-0.15, -0.1) is 16.9 Å². The Morgan fingerprint density at radius 3 is 2.41 bits per heavy atom. The first kappa shape index (κ1) is 34.7. The van der Waals surface area contributed by atoms with Gasteiger partial charge < -0.3 is 44.7 Å². The number of carboxylic acid groups (broad SMARTS) is 1. The van der Waals surface area contributed by atoms with Crippen molar-refractivity contribution in [3.8, 4) is 0 Å². The van der Waals surface area contributed by atoms with Crippen LogP contribution in [-0.4, -0.2) is 121 Å². The van der Waals surface area contributed by atoms with Gasteiger partial charge in [-0.3, -0.25) is 4.79 Å². The van der Waals surface area contributed by atoms with Crippen LogP contribution in [0.3, 0.4) is 0 Å². The Kier molecular flexibility index (Phi) is 13.2. The van der Waals surface area contributed by atoms with Crippen molar-refractivity contribution in [3.05, 3.63) is 11.4 Å². The average Bonchev–Trinajstić information content (AvgIpc) is 3.26. The van der Waals surface area contributed by atoms with E-state index in [-0.39, 0.29) is 41.3 Å².